The molecule has 1 fully saturated rings. The summed E-state index contributed by atoms with van der Waals surface area (Å²) in [5, 5.41) is 3.58. The van der Waals surface area contributed by atoms with Crippen LogP contribution in [-0.2, 0) is 11.3 Å². The third-order valence-electron chi connectivity index (χ3n) is 5.28. The zero-order valence-electron chi connectivity index (χ0n) is 17.7. The van der Waals surface area contributed by atoms with E-state index in [0.717, 1.165) is 51.1 Å². The Labute approximate surface area is 174 Å². The average Bonchev–Trinajstić information content (AvgIpc) is 2.78. The van der Waals surface area contributed by atoms with Gasteiger partial charge in [0.1, 0.15) is 5.75 Å². The van der Waals surface area contributed by atoms with Gasteiger partial charge in [-0.2, -0.15) is 0 Å². The molecular formula is C23H32N4O2. The molecule has 6 nitrogen and oxygen atoms in total. The van der Waals surface area contributed by atoms with E-state index in [1.165, 1.54) is 11.1 Å². The van der Waals surface area contributed by atoms with Gasteiger partial charge < -0.3 is 19.7 Å². The minimum absolute atomic E-state index is 0.242. The Kier molecular flexibility index (Phi) is 7.90. The minimum atomic E-state index is 0.242. The van der Waals surface area contributed by atoms with E-state index in [9.17, 15) is 0 Å². The Balaban J connectivity index is 1.68. The summed E-state index contributed by atoms with van der Waals surface area (Å²) in [6.07, 6.45) is 0. The molecule has 3 rings (SSSR count). The first-order valence-corrected chi connectivity index (χ1v) is 10.1. The lowest BCUT2D eigenvalue weighted by molar-refractivity contribution is 0.0169. The fraction of sp³-hybridized carbons (Fsp3) is 0.435. The molecule has 29 heavy (non-hydrogen) atoms. The number of nitrogens with one attached hydrogen (secondary N) is 1. The Hall–Kier alpha value is -2.57. The van der Waals surface area contributed by atoms with Crippen LogP contribution in [0, 0.1) is 0 Å². The number of rotatable bonds is 7. The molecule has 1 atom stereocenters. The highest BCUT2D eigenvalue weighted by Crippen LogP contribution is 2.23. The van der Waals surface area contributed by atoms with Crippen molar-refractivity contribution in [3.63, 3.8) is 0 Å². The molecule has 0 aliphatic carbocycles. The average molecular weight is 397 g/mol. The highest BCUT2D eigenvalue weighted by Gasteiger charge is 2.23. The molecule has 1 heterocycles. The van der Waals surface area contributed by atoms with E-state index in [1.54, 1.807) is 7.11 Å². The van der Waals surface area contributed by atoms with E-state index >= 15 is 0 Å². The van der Waals surface area contributed by atoms with Gasteiger partial charge in [0, 0.05) is 40.3 Å². The molecule has 6 heteroatoms. The first kappa shape index (κ1) is 21.1. The molecule has 0 radical (unpaired) electrons. The Morgan fingerprint density at radius 1 is 1.14 bits per heavy atom. The predicted octanol–water partition coefficient (Wildman–Crippen LogP) is 2.78. The fourth-order valence-electron chi connectivity index (χ4n) is 3.68. The Morgan fingerprint density at radius 2 is 1.83 bits per heavy atom. The number of morpholine rings is 1. The van der Waals surface area contributed by atoms with Crippen molar-refractivity contribution in [2.45, 2.75) is 12.6 Å². The van der Waals surface area contributed by atoms with Gasteiger partial charge in [0.15, 0.2) is 5.96 Å². The van der Waals surface area contributed by atoms with Gasteiger partial charge in [-0.15, -0.1) is 0 Å². The maximum atomic E-state index is 5.56. The number of nitrogens with zero attached hydrogens (tertiary/aromatic N) is 3. The van der Waals surface area contributed by atoms with Crippen LogP contribution in [-0.4, -0.2) is 69.8 Å². The highest BCUT2D eigenvalue weighted by molar-refractivity contribution is 5.79. The predicted molar refractivity (Wildman–Crippen MR) is 117 cm³/mol. The molecule has 1 aliphatic heterocycles. The van der Waals surface area contributed by atoms with Crippen LogP contribution in [0.3, 0.4) is 0 Å². The van der Waals surface area contributed by atoms with Gasteiger partial charge >= 0.3 is 0 Å². The van der Waals surface area contributed by atoms with Crippen LogP contribution in [0.25, 0.3) is 0 Å². The second-order valence-electron chi connectivity index (χ2n) is 7.21. The van der Waals surface area contributed by atoms with Crippen molar-refractivity contribution < 1.29 is 9.47 Å². The second-order valence-corrected chi connectivity index (χ2v) is 7.21. The lowest BCUT2D eigenvalue weighted by atomic mass is 10.0. The number of hydrogen-bond donors (Lipinski definition) is 1. The van der Waals surface area contributed by atoms with Crippen LogP contribution in [0.2, 0.25) is 0 Å². The van der Waals surface area contributed by atoms with Crippen molar-refractivity contribution in [3.05, 3.63) is 65.7 Å². The molecule has 1 N–H and O–H groups in total. The molecule has 0 spiro atoms. The van der Waals surface area contributed by atoms with Gasteiger partial charge in [0.05, 0.1) is 26.4 Å². The van der Waals surface area contributed by atoms with Crippen molar-refractivity contribution in [2.75, 3.05) is 54.1 Å². The zero-order chi connectivity index (χ0) is 20.5. The summed E-state index contributed by atoms with van der Waals surface area (Å²) >= 11 is 0. The van der Waals surface area contributed by atoms with Gasteiger partial charge in [0.2, 0.25) is 0 Å². The summed E-state index contributed by atoms with van der Waals surface area (Å²) in [5.41, 5.74) is 2.53. The van der Waals surface area contributed by atoms with E-state index < -0.39 is 0 Å². The van der Waals surface area contributed by atoms with Crippen LogP contribution in [0.4, 0.5) is 0 Å². The van der Waals surface area contributed by atoms with Crippen LogP contribution >= 0.6 is 0 Å². The number of hydrogen-bond acceptors (Lipinski definition) is 4. The standard InChI is InChI=1S/C23H32N4O2/c1-24-23(26(2)18-19-7-5-4-6-8-19)25-17-22(27-13-15-29-16-14-27)20-9-11-21(28-3)12-10-20/h4-12,22H,13-18H2,1-3H3,(H,24,25). The highest BCUT2D eigenvalue weighted by atomic mass is 16.5. The summed E-state index contributed by atoms with van der Waals surface area (Å²) in [6.45, 7) is 4.99. The summed E-state index contributed by atoms with van der Waals surface area (Å²) in [6, 6.07) is 19.0. The van der Waals surface area contributed by atoms with Crippen molar-refractivity contribution in [3.8, 4) is 5.75 Å². The molecule has 156 valence electrons. The van der Waals surface area contributed by atoms with E-state index in [2.05, 4.69) is 63.6 Å². The van der Waals surface area contributed by atoms with Crippen LogP contribution in [0.5, 0.6) is 5.75 Å². The lowest BCUT2D eigenvalue weighted by Crippen LogP contribution is -2.46. The van der Waals surface area contributed by atoms with Crippen LogP contribution < -0.4 is 10.1 Å². The van der Waals surface area contributed by atoms with E-state index in [-0.39, 0.29) is 6.04 Å². The number of guanidine groups is 1. The molecule has 2 aromatic carbocycles. The monoisotopic (exact) mass is 396 g/mol. The van der Waals surface area contributed by atoms with E-state index in [1.807, 2.05) is 25.2 Å². The van der Waals surface area contributed by atoms with Gasteiger partial charge in [-0.1, -0.05) is 42.5 Å². The number of ether oxygens (including phenoxy) is 2. The van der Waals surface area contributed by atoms with Gasteiger partial charge in [-0.3, -0.25) is 9.89 Å². The quantitative estimate of drug-likeness (QED) is 0.576. The van der Waals surface area contributed by atoms with Crippen molar-refractivity contribution in [2.24, 2.45) is 4.99 Å². The molecule has 0 bridgehead atoms. The van der Waals surface area contributed by atoms with Crippen LogP contribution in [0.15, 0.2) is 59.6 Å². The van der Waals surface area contributed by atoms with Crippen molar-refractivity contribution in [1.82, 2.24) is 15.1 Å². The van der Waals surface area contributed by atoms with Gasteiger partial charge in [-0.25, -0.2) is 0 Å². The van der Waals surface area contributed by atoms with Gasteiger partial charge in [-0.05, 0) is 23.3 Å². The molecule has 1 unspecified atom stereocenters. The Morgan fingerprint density at radius 3 is 2.45 bits per heavy atom. The maximum Gasteiger partial charge on any atom is 0.193 e. The summed E-state index contributed by atoms with van der Waals surface area (Å²) < 4.78 is 10.9. The smallest absolute Gasteiger partial charge is 0.193 e. The first-order valence-electron chi connectivity index (χ1n) is 10.1. The van der Waals surface area contributed by atoms with Crippen molar-refractivity contribution >= 4 is 5.96 Å². The molecule has 0 aromatic heterocycles. The third kappa shape index (κ3) is 5.95. The summed E-state index contributed by atoms with van der Waals surface area (Å²) in [4.78, 5) is 9.12. The molecule has 1 saturated heterocycles. The molecule has 1 aliphatic rings. The molecular weight excluding hydrogens is 364 g/mol. The zero-order valence-corrected chi connectivity index (χ0v) is 17.7. The topological polar surface area (TPSA) is 49.3 Å². The van der Waals surface area contributed by atoms with E-state index in [0.29, 0.717) is 0 Å². The summed E-state index contributed by atoms with van der Waals surface area (Å²) in [5.74, 6) is 1.77. The number of methoxy groups -OCH3 is 1. The molecule has 0 amide bonds. The molecule has 0 saturated carbocycles. The third-order valence-corrected chi connectivity index (χ3v) is 5.28. The number of aliphatic imine (C=N–C) groups is 1. The fourth-order valence-corrected chi connectivity index (χ4v) is 3.68. The molecule has 2 aromatic rings. The normalized spacial score (nSPS) is 16.3. The first-order chi connectivity index (χ1) is 14.2. The SMILES string of the molecule is CN=C(NCC(c1ccc(OC)cc1)N1CCOCC1)N(C)Cc1ccccc1. The van der Waals surface area contributed by atoms with E-state index in [4.69, 9.17) is 9.47 Å². The Bertz CT molecular complexity index is 758. The number of benzene rings is 2. The summed E-state index contributed by atoms with van der Waals surface area (Å²) in [7, 11) is 5.60. The van der Waals surface area contributed by atoms with Crippen molar-refractivity contribution in [1.29, 1.82) is 0 Å². The van der Waals surface area contributed by atoms with Gasteiger partial charge in [0.25, 0.3) is 0 Å². The second kappa shape index (κ2) is 10.8. The maximum absolute atomic E-state index is 5.56. The minimum Gasteiger partial charge on any atom is -0.497 e. The largest absolute Gasteiger partial charge is 0.497 e. The van der Waals surface area contributed by atoms with Crippen LogP contribution in [0.1, 0.15) is 17.2 Å². The lowest BCUT2D eigenvalue weighted by Gasteiger charge is -2.35.